The van der Waals surface area contributed by atoms with Gasteiger partial charge in [0, 0.05) is 17.6 Å². The van der Waals surface area contributed by atoms with Crippen LogP contribution in [0.2, 0.25) is 0 Å². The Balaban J connectivity index is 1.65. The van der Waals surface area contributed by atoms with E-state index in [1.54, 1.807) is 22.9 Å². The van der Waals surface area contributed by atoms with Gasteiger partial charge in [0.1, 0.15) is 18.0 Å². The molecule has 27 heavy (non-hydrogen) atoms. The van der Waals surface area contributed by atoms with Crippen LogP contribution in [0, 0.1) is 5.82 Å². The lowest BCUT2D eigenvalue weighted by Gasteiger charge is -2.14. The molecule has 1 amide bonds. The van der Waals surface area contributed by atoms with Crippen LogP contribution in [0.1, 0.15) is 6.42 Å². The van der Waals surface area contributed by atoms with Crippen molar-refractivity contribution in [2.24, 2.45) is 0 Å². The van der Waals surface area contributed by atoms with Crippen LogP contribution in [-0.4, -0.2) is 41.4 Å². The number of halogens is 1. The van der Waals surface area contributed by atoms with Crippen LogP contribution in [0.5, 0.6) is 0 Å². The van der Waals surface area contributed by atoms with Gasteiger partial charge in [-0.2, -0.15) is 0 Å². The van der Waals surface area contributed by atoms with Crippen LogP contribution in [0.15, 0.2) is 48.7 Å². The van der Waals surface area contributed by atoms with Crippen LogP contribution in [-0.2, 0) is 21.2 Å². The maximum absolute atomic E-state index is 13.3. The van der Waals surface area contributed by atoms with Crippen molar-refractivity contribution in [1.29, 1.82) is 0 Å². The van der Waals surface area contributed by atoms with Gasteiger partial charge in [0.25, 0.3) is 0 Å². The number of carbonyl (C=O) groups is 1. The third-order valence-electron chi connectivity index (χ3n) is 4.69. The van der Waals surface area contributed by atoms with Gasteiger partial charge in [-0.1, -0.05) is 0 Å². The fraction of sp³-hybridized carbons (Fsp3) is 0.263. The Labute approximate surface area is 155 Å². The minimum absolute atomic E-state index is 0.00374. The summed E-state index contributed by atoms with van der Waals surface area (Å²) in [7, 11) is -3.06. The molecule has 140 valence electrons. The fourth-order valence-electron chi connectivity index (χ4n) is 3.43. The van der Waals surface area contributed by atoms with Crippen molar-refractivity contribution < 1.29 is 17.6 Å². The van der Waals surface area contributed by atoms with Gasteiger partial charge in [-0.05, 0) is 54.4 Å². The molecule has 0 aliphatic carbocycles. The molecule has 1 N–H and O–H groups in total. The third-order valence-corrected chi connectivity index (χ3v) is 6.46. The van der Waals surface area contributed by atoms with Crippen molar-refractivity contribution in [3.05, 3.63) is 54.5 Å². The van der Waals surface area contributed by atoms with Gasteiger partial charge < -0.3 is 9.88 Å². The molecular weight excluding hydrogens is 369 g/mol. The van der Waals surface area contributed by atoms with Gasteiger partial charge in [0.05, 0.1) is 17.2 Å². The highest BCUT2D eigenvalue weighted by atomic mass is 32.2. The highest BCUT2D eigenvalue weighted by Crippen LogP contribution is 2.27. The normalized spacial score (nSPS) is 18.6. The average molecular weight is 387 g/mol. The highest BCUT2D eigenvalue weighted by molar-refractivity contribution is 7.91. The molecule has 0 radical (unpaired) electrons. The molecule has 6 nitrogen and oxygen atoms in total. The van der Waals surface area contributed by atoms with E-state index in [1.165, 1.54) is 12.1 Å². The van der Waals surface area contributed by atoms with Gasteiger partial charge in [-0.15, -0.1) is 0 Å². The Morgan fingerprint density at radius 1 is 1.26 bits per heavy atom. The summed E-state index contributed by atoms with van der Waals surface area (Å²) in [6, 6.07) is 11.3. The van der Waals surface area contributed by atoms with E-state index < -0.39 is 9.84 Å². The Morgan fingerprint density at radius 3 is 2.74 bits per heavy atom. The Hall–Kier alpha value is -2.74. The van der Waals surface area contributed by atoms with E-state index in [9.17, 15) is 17.6 Å². The molecule has 1 aliphatic heterocycles. The minimum atomic E-state index is -3.06. The van der Waals surface area contributed by atoms with Crippen molar-refractivity contribution in [3.63, 3.8) is 0 Å². The van der Waals surface area contributed by atoms with Crippen molar-refractivity contribution in [3.8, 4) is 11.3 Å². The summed E-state index contributed by atoms with van der Waals surface area (Å²) >= 11 is 0. The summed E-state index contributed by atoms with van der Waals surface area (Å²) in [6.45, 7) is 0.00374. The first-order valence-electron chi connectivity index (χ1n) is 8.61. The molecule has 1 saturated heterocycles. The maximum Gasteiger partial charge on any atom is 0.240 e. The van der Waals surface area contributed by atoms with Crippen molar-refractivity contribution in [2.45, 2.75) is 19.0 Å². The van der Waals surface area contributed by atoms with E-state index in [4.69, 9.17) is 0 Å². The Bertz CT molecular complexity index is 1110. The molecule has 0 spiro atoms. The van der Waals surface area contributed by atoms with Gasteiger partial charge in [0.15, 0.2) is 9.84 Å². The summed E-state index contributed by atoms with van der Waals surface area (Å²) in [6.07, 6.45) is 2.08. The second-order valence-electron chi connectivity index (χ2n) is 6.71. The zero-order valence-corrected chi connectivity index (χ0v) is 15.2. The quantitative estimate of drug-likeness (QED) is 0.744. The predicted molar refractivity (Wildman–Crippen MR) is 100 cm³/mol. The van der Waals surface area contributed by atoms with Crippen molar-refractivity contribution in [2.75, 3.05) is 11.5 Å². The molecule has 1 unspecified atom stereocenters. The van der Waals surface area contributed by atoms with Crippen molar-refractivity contribution in [1.82, 2.24) is 14.9 Å². The molecule has 8 heteroatoms. The minimum Gasteiger partial charge on any atom is -0.351 e. The molecule has 1 fully saturated rings. The topological polar surface area (TPSA) is 81.1 Å². The number of rotatable bonds is 4. The summed E-state index contributed by atoms with van der Waals surface area (Å²) in [4.78, 5) is 16.9. The number of pyridine rings is 1. The predicted octanol–water partition coefficient (Wildman–Crippen LogP) is 2.15. The van der Waals surface area contributed by atoms with Crippen LogP contribution in [0.25, 0.3) is 22.3 Å². The zero-order chi connectivity index (χ0) is 19.0. The molecule has 2 aromatic heterocycles. The Kier molecular flexibility index (Phi) is 4.43. The van der Waals surface area contributed by atoms with Crippen LogP contribution >= 0.6 is 0 Å². The number of benzene rings is 1. The molecule has 1 aromatic carbocycles. The summed E-state index contributed by atoms with van der Waals surface area (Å²) in [5.41, 5.74) is 2.16. The number of amides is 1. The lowest BCUT2D eigenvalue weighted by molar-refractivity contribution is -0.122. The van der Waals surface area contributed by atoms with E-state index >= 15 is 0 Å². The largest absolute Gasteiger partial charge is 0.351 e. The molecule has 0 bridgehead atoms. The standard InChI is InChI=1S/C19H18FN3O3S/c20-15-5-3-13(4-6-15)17-10-14-2-1-8-21-19(14)23(17)11-18(24)22-16-7-9-27(25,26)12-16/h1-6,8,10,16H,7,9,11-12H2,(H,22,24). The SMILES string of the molecule is O=C(Cn1c(-c2ccc(F)cc2)cc2cccnc21)NC1CCS(=O)(=O)C1. The second-order valence-corrected chi connectivity index (χ2v) is 8.94. The number of fused-ring (bicyclic) bond motifs is 1. The summed E-state index contributed by atoms with van der Waals surface area (Å²) in [5, 5.41) is 3.67. The molecule has 3 heterocycles. The smallest absolute Gasteiger partial charge is 0.240 e. The summed E-state index contributed by atoms with van der Waals surface area (Å²) in [5.74, 6) is -0.524. The number of nitrogens with zero attached hydrogens (tertiary/aromatic N) is 2. The van der Waals surface area contributed by atoms with E-state index in [0.717, 1.165) is 16.6 Å². The number of carbonyl (C=O) groups excluding carboxylic acids is 1. The second kappa shape index (κ2) is 6.77. The molecule has 3 aromatic rings. The average Bonchev–Trinajstić information content (AvgIpc) is 3.16. The zero-order valence-electron chi connectivity index (χ0n) is 14.4. The van der Waals surface area contributed by atoms with Crippen molar-refractivity contribution >= 4 is 26.8 Å². The van der Waals surface area contributed by atoms with Gasteiger partial charge >= 0.3 is 0 Å². The van der Waals surface area contributed by atoms with Gasteiger partial charge in [-0.3, -0.25) is 4.79 Å². The van der Waals surface area contributed by atoms with E-state index in [0.29, 0.717) is 12.1 Å². The first-order chi connectivity index (χ1) is 12.9. The van der Waals surface area contributed by atoms with Crippen LogP contribution in [0.3, 0.4) is 0 Å². The number of hydrogen-bond acceptors (Lipinski definition) is 4. The lowest BCUT2D eigenvalue weighted by Crippen LogP contribution is -2.37. The van der Waals surface area contributed by atoms with E-state index in [1.807, 2.05) is 18.2 Å². The van der Waals surface area contributed by atoms with Crippen LogP contribution in [0.4, 0.5) is 4.39 Å². The molecule has 1 aliphatic rings. The summed E-state index contributed by atoms with van der Waals surface area (Å²) < 4.78 is 38.2. The first kappa shape index (κ1) is 17.7. The molecule has 1 atom stereocenters. The van der Waals surface area contributed by atoms with Gasteiger partial charge in [0.2, 0.25) is 5.91 Å². The molecular formula is C19H18FN3O3S. The fourth-order valence-corrected chi connectivity index (χ4v) is 5.11. The molecule has 0 saturated carbocycles. The Morgan fingerprint density at radius 2 is 2.04 bits per heavy atom. The lowest BCUT2D eigenvalue weighted by atomic mass is 10.1. The van der Waals surface area contributed by atoms with E-state index in [2.05, 4.69) is 10.3 Å². The molecule has 4 rings (SSSR count). The van der Waals surface area contributed by atoms with E-state index in [-0.39, 0.29) is 35.8 Å². The van der Waals surface area contributed by atoms with Gasteiger partial charge in [-0.25, -0.2) is 17.8 Å². The maximum atomic E-state index is 13.3. The third kappa shape index (κ3) is 3.71. The number of nitrogens with one attached hydrogen (secondary N) is 1. The number of hydrogen-bond donors (Lipinski definition) is 1. The first-order valence-corrected chi connectivity index (χ1v) is 10.4. The number of aromatic nitrogens is 2. The number of sulfone groups is 1. The monoisotopic (exact) mass is 387 g/mol. The van der Waals surface area contributed by atoms with Crippen LogP contribution < -0.4 is 5.32 Å². The highest BCUT2D eigenvalue weighted by Gasteiger charge is 2.29.